The van der Waals surface area contributed by atoms with Gasteiger partial charge in [-0.1, -0.05) is 61.3 Å². The molecule has 1 nitrogen and oxygen atoms in total. The fourth-order valence-corrected chi connectivity index (χ4v) is 3.98. The Hall–Kier alpha value is -3.04. The van der Waals surface area contributed by atoms with E-state index >= 15 is 0 Å². The van der Waals surface area contributed by atoms with Gasteiger partial charge in [0.05, 0.1) is 4.86 Å². The molecule has 0 saturated heterocycles. The third-order valence-corrected chi connectivity index (χ3v) is 6.04. The first-order chi connectivity index (χ1) is 14.8. The highest BCUT2D eigenvalue weighted by Gasteiger charge is 2.16. The third kappa shape index (κ3) is 5.56. The van der Waals surface area contributed by atoms with Crippen molar-refractivity contribution in [1.29, 1.82) is 0 Å². The summed E-state index contributed by atoms with van der Waals surface area (Å²) in [6, 6.07) is 18.9. The molecule has 0 saturated carbocycles. The van der Waals surface area contributed by atoms with E-state index < -0.39 is 0 Å². The van der Waals surface area contributed by atoms with Crippen molar-refractivity contribution in [2.75, 3.05) is 5.73 Å². The first-order valence-corrected chi connectivity index (χ1v) is 10.8. The molecule has 0 spiro atoms. The Labute approximate surface area is 190 Å². The van der Waals surface area contributed by atoms with Crippen LogP contribution in [0.4, 0.5) is 10.1 Å². The molecule has 0 amide bonds. The van der Waals surface area contributed by atoms with Gasteiger partial charge in [-0.05, 0) is 102 Å². The van der Waals surface area contributed by atoms with E-state index in [-0.39, 0.29) is 5.82 Å². The average Bonchev–Trinajstić information content (AvgIpc) is 2.74. The molecule has 3 heteroatoms. The minimum atomic E-state index is -0.293. The summed E-state index contributed by atoms with van der Waals surface area (Å²) >= 11 is 5.86. The van der Waals surface area contributed by atoms with E-state index in [0.29, 0.717) is 4.86 Å². The summed E-state index contributed by atoms with van der Waals surface area (Å²) in [4.78, 5) is 0.618. The maximum atomic E-state index is 14.0. The zero-order valence-corrected chi connectivity index (χ0v) is 19.2. The quantitative estimate of drug-likeness (QED) is 0.140. The van der Waals surface area contributed by atoms with Crippen LogP contribution >= 0.6 is 12.2 Å². The first-order valence-electron chi connectivity index (χ1n) is 10.4. The number of allylic oxidation sites excluding steroid dienone is 3. The zero-order valence-electron chi connectivity index (χ0n) is 18.3. The number of aryl methyl sites for hydroxylation is 4. The predicted octanol–water partition coefficient (Wildman–Crippen LogP) is 7.32. The maximum Gasteiger partial charge on any atom is 0.123 e. The summed E-state index contributed by atoms with van der Waals surface area (Å²) in [6.07, 6.45) is 3.73. The van der Waals surface area contributed by atoms with Gasteiger partial charge in [-0.15, -0.1) is 0 Å². The second kappa shape index (κ2) is 9.84. The summed E-state index contributed by atoms with van der Waals surface area (Å²) in [5, 5.41) is 0. The Morgan fingerprint density at radius 1 is 0.968 bits per heavy atom. The fraction of sp³-hybridized carbons (Fsp3) is 0.179. The average molecular weight is 430 g/mol. The molecule has 0 radical (unpaired) electrons. The van der Waals surface area contributed by atoms with Gasteiger partial charge >= 0.3 is 0 Å². The zero-order chi connectivity index (χ0) is 22.5. The van der Waals surface area contributed by atoms with E-state index in [1.807, 2.05) is 25.1 Å². The molecule has 31 heavy (non-hydrogen) atoms. The molecular formula is C28H28FNS. The topological polar surface area (TPSA) is 26.0 Å². The number of nitrogen functional groups attached to an aromatic ring is 1. The Balaban J connectivity index is 1.97. The van der Waals surface area contributed by atoms with Crippen LogP contribution in [-0.4, -0.2) is 4.86 Å². The highest BCUT2D eigenvalue weighted by Crippen LogP contribution is 2.29. The normalized spacial score (nSPS) is 11.4. The summed E-state index contributed by atoms with van der Waals surface area (Å²) in [7, 11) is 0. The van der Waals surface area contributed by atoms with Crippen LogP contribution in [0.5, 0.6) is 0 Å². The van der Waals surface area contributed by atoms with Gasteiger partial charge in [0, 0.05) is 5.69 Å². The molecule has 3 rings (SSSR count). The Morgan fingerprint density at radius 3 is 2.42 bits per heavy atom. The smallest absolute Gasteiger partial charge is 0.123 e. The van der Waals surface area contributed by atoms with Gasteiger partial charge in [-0.2, -0.15) is 0 Å². The SMILES string of the molecule is C=C(/C(=C/CCc1cccc(N)c1)C(=S)c1cc(F)ccc1C)c1ccc(C)c(C)c1. The third-order valence-electron chi connectivity index (χ3n) is 5.60. The second-order valence-corrected chi connectivity index (χ2v) is 8.38. The van der Waals surface area contributed by atoms with Crippen molar-refractivity contribution in [3.05, 3.63) is 118 Å². The molecule has 0 aromatic heterocycles. The first kappa shape index (κ1) is 22.6. The molecule has 0 aliphatic heterocycles. The Kier molecular flexibility index (Phi) is 7.19. The number of hydrogen-bond donors (Lipinski definition) is 1. The van der Waals surface area contributed by atoms with E-state index in [1.54, 1.807) is 6.07 Å². The van der Waals surface area contributed by atoms with Crippen LogP contribution in [0, 0.1) is 26.6 Å². The minimum absolute atomic E-state index is 0.293. The maximum absolute atomic E-state index is 14.0. The summed E-state index contributed by atoms with van der Waals surface area (Å²) in [5.41, 5.74) is 14.7. The number of rotatable bonds is 7. The lowest BCUT2D eigenvalue weighted by Crippen LogP contribution is -2.07. The molecule has 0 fully saturated rings. The van der Waals surface area contributed by atoms with E-state index in [1.165, 1.54) is 28.8 Å². The van der Waals surface area contributed by atoms with Gasteiger partial charge in [-0.3, -0.25) is 0 Å². The van der Waals surface area contributed by atoms with E-state index in [4.69, 9.17) is 18.0 Å². The van der Waals surface area contributed by atoms with Gasteiger partial charge in [0.1, 0.15) is 5.82 Å². The number of hydrogen-bond acceptors (Lipinski definition) is 2. The van der Waals surface area contributed by atoms with Crippen LogP contribution in [-0.2, 0) is 6.42 Å². The largest absolute Gasteiger partial charge is 0.399 e. The molecule has 0 atom stereocenters. The predicted molar refractivity (Wildman–Crippen MR) is 135 cm³/mol. The van der Waals surface area contributed by atoms with Gasteiger partial charge in [0.2, 0.25) is 0 Å². The lowest BCUT2D eigenvalue weighted by Gasteiger charge is -2.16. The van der Waals surface area contributed by atoms with Gasteiger partial charge in [0.25, 0.3) is 0 Å². The van der Waals surface area contributed by atoms with Crippen LogP contribution in [0.3, 0.4) is 0 Å². The van der Waals surface area contributed by atoms with E-state index in [9.17, 15) is 4.39 Å². The molecule has 2 N–H and O–H groups in total. The van der Waals surface area contributed by atoms with E-state index in [0.717, 1.165) is 46.4 Å². The number of benzene rings is 3. The van der Waals surface area contributed by atoms with Crippen LogP contribution in [0.25, 0.3) is 5.57 Å². The number of halogens is 1. The molecule has 158 valence electrons. The van der Waals surface area contributed by atoms with Crippen LogP contribution in [0.2, 0.25) is 0 Å². The Bertz CT molecular complexity index is 1170. The van der Waals surface area contributed by atoms with Crippen LogP contribution in [0.1, 0.15) is 39.8 Å². The van der Waals surface area contributed by atoms with E-state index in [2.05, 4.69) is 50.8 Å². The molecule has 0 aliphatic rings. The van der Waals surface area contributed by atoms with Crippen molar-refractivity contribution < 1.29 is 4.39 Å². The molecule has 0 unspecified atom stereocenters. The number of nitrogens with two attached hydrogens (primary N) is 1. The fourth-order valence-electron chi connectivity index (χ4n) is 3.55. The minimum Gasteiger partial charge on any atom is -0.399 e. The highest BCUT2D eigenvalue weighted by molar-refractivity contribution is 7.81. The van der Waals surface area contributed by atoms with Crippen molar-refractivity contribution in [2.24, 2.45) is 0 Å². The second-order valence-electron chi connectivity index (χ2n) is 7.97. The number of thiocarbonyl (C=S) groups is 1. The van der Waals surface area contributed by atoms with Gasteiger partial charge < -0.3 is 5.73 Å². The Morgan fingerprint density at radius 2 is 1.71 bits per heavy atom. The molecule has 0 bridgehead atoms. The molecule has 3 aromatic rings. The number of anilines is 1. The molecule has 3 aromatic carbocycles. The standard InChI is InChI=1S/C28H28FNS/c1-18-11-13-23(15-20(18)3)21(4)26(10-6-8-22-7-5-9-25(30)16-22)28(31)27-17-24(29)14-12-19(27)2/h5,7,9-17H,4,6,8,30H2,1-3H3/b26-10-. The van der Waals surface area contributed by atoms with Crippen LogP contribution < -0.4 is 5.73 Å². The molecular weight excluding hydrogens is 401 g/mol. The lowest BCUT2D eigenvalue weighted by atomic mass is 9.89. The highest BCUT2D eigenvalue weighted by atomic mass is 32.1. The van der Waals surface area contributed by atoms with Crippen molar-refractivity contribution in [3.63, 3.8) is 0 Å². The van der Waals surface area contributed by atoms with Gasteiger partial charge in [0.15, 0.2) is 0 Å². The van der Waals surface area contributed by atoms with Crippen molar-refractivity contribution in [2.45, 2.75) is 33.6 Å². The van der Waals surface area contributed by atoms with Crippen molar-refractivity contribution >= 4 is 28.3 Å². The van der Waals surface area contributed by atoms with Crippen LogP contribution in [0.15, 0.2) is 78.9 Å². The summed E-state index contributed by atoms with van der Waals surface area (Å²) in [5.74, 6) is -0.293. The van der Waals surface area contributed by atoms with Gasteiger partial charge in [-0.25, -0.2) is 4.39 Å². The van der Waals surface area contributed by atoms with Crippen molar-refractivity contribution in [1.82, 2.24) is 0 Å². The molecule has 0 aliphatic carbocycles. The molecule has 0 heterocycles. The monoisotopic (exact) mass is 429 g/mol. The van der Waals surface area contributed by atoms with Crippen molar-refractivity contribution in [3.8, 4) is 0 Å². The lowest BCUT2D eigenvalue weighted by molar-refractivity contribution is 0.627. The summed E-state index contributed by atoms with van der Waals surface area (Å²) in [6.45, 7) is 10.5. The summed E-state index contributed by atoms with van der Waals surface area (Å²) < 4.78 is 14.0.